The van der Waals surface area contributed by atoms with E-state index in [2.05, 4.69) is 25.6 Å². The lowest BCUT2D eigenvalue weighted by Crippen LogP contribution is -2.25. The van der Waals surface area contributed by atoms with E-state index in [-0.39, 0.29) is 5.03 Å². The molecule has 0 aliphatic rings. The van der Waals surface area contributed by atoms with Crippen LogP contribution in [-0.4, -0.2) is 29.8 Å². The van der Waals surface area contributed by atoms with E-state index in [9.17, 15) is 8.42 Å². The molecule has 5 nitrogen and oxygen atoms in total. The van der Waals surface area contributed by atoms with Gasteiger partial charge in [0.2, 0.25) is 0 Å². The number of imidazole rings is 1. The van der Waals surface area contributed by atoms with Gasteiger partial charge < -0.3 is 4.57 Å². The zero-order chi connectivity index (χ0) is 12.2. The third kappa shape index (κ3) is 3.57. The molecule has 0 fully saturated rings. The number of aryl methyl sites for hydroxylation is 2. The highest BCUT2D eigenvalue weighted by Gasteiger charge is 2.17. The topological polar surface area (TPSA) is 64.0 Å². The molecule has 0 aromatic carbocycles. The predicted octanol–water partition coefficient (Wildman–Crippen LogP) is 1.18. The second-order valence-corrected chi connectivity index (χ2v) is 6.04. The summed E-state index contributed by atoms with van der Waals surface area (Å²) >= 11 is 3.29. The maximum Gasteiger partial charge on any atom is 0.259 e. The van der Waals surface area contributed by atoms with Crippen LogP contribution < -0.4 is 4.72 Å². The summed E-state index contributed by atoms with van der Waals surface area (Å²) in [6.45, 7) is 2.22. The third-order valence-corrected chi connectivity index (χ3v) is 4.11. The van der Waals surface area contributed by atoms with Crippen molar-refractivity contribution >= 4 is 26.0 Å². The highest BCUT2D eigenvalue weighted by Crippen LogP contribution is 2.07. The number of rotatable bonds is 6. The molecule has 0 radical (unpaired) electrons. The van der Waals surface area contributed by atoms with E-state index in [1.807, 2.05) is 0 Å². The highest BCUT2D eigenvalue weighted by atomic mass is 79.9. The number of nitrogens with zero attached hydrogens (tertiary/aromatic N) is 2. The van der Waals surface area contributed by atoms with Crippen LogP contribution in [-0.2, 0) is 17.1 Å². The zero-order valence-corrected chi connectivity index (χ0v) is 11.8. The summed E-state index contributed by atoms with van der Waals surface area (Å²) in [6.07, 6.45) is 3.28. The van der Waals surface area contributed by atoms with Gasteiger partial charge in [-0.3, -0.25) is 0 Å². The summed E-state index contributed by atoms with van der Waals surface area (Å²) in [5.74, 6) is 0.681. The first-order chi connectivity index (χ1) is 7.47. The molecular weight excluding hydrogens is 294 g/mol. The van der Waals surface area contributed by atoms with Crippen LogP contribution >= 0.6 is 15.9 Å². The molecule has 0 unspecified atom stereocenters. The van der Waals surface area contributed by atoms with Crippen molar-refractivity contribution in [1.29, 1.82) is 0 Å². The van der Waals surface area contributed by atoms with E-state index >= 15 is 0 Å². The predicted molar refractivity (Wildman–Crippen MR) is 66.2 cm³/mol. The van der Waals surface area contributed by atoms with Gasteiger partial charge in [-0.25, -0.2) is 18.1 Å². The van der Waals surface area contributed by atoms with Crippen molar-refractivity contribution in [3.05, 3.63) is 12.0 Å². The molecule has 1 aromatic rings. The van der Waals surface area contributed by atoms with Crippen LogP contribution in [0.2, 0.25) is 0 Å². The Morgan fingerprint density at radius 2 is 2.19 bits per heavy atom. The fourth-order valence-electron chi connectivity index (χ4n) is 1.16. The molecule has 0 saturated heterocycles. The Balaban J connectivity index is 2.64. The molecule has 1 aromatic heterocycles. The van der Waals surface area contributed by atoms with Gasteiger partial charge in [0.25, 0.3) is 10.0 Å². The number of nitrogens with one attached hydrogen (secondary N) is 1. The summed E-state index contributed by atoms with van der Waals surface area (Å²) in [6, 6.07) is 0. The van der Waals surface area contributed by atoms with E-state index < -0.39 is 10.0 Å². The normalized spacial score (nSPS) is 11.9. The Hall–Kier alpha value is -0.400. The summed E-state index contributed by atoms with van der Waals surface area (Å²) in [5, 5.41) is 0.976. The maximum atomic E-state index is 11.8. The molecule has 0 atom stereocenters. The summed E-state index contributed by atoms with van der Waals surface area (Å²) in [5.41, 5.74) is 0. The van der Waals surface area contributed by atoms with Crippen LogP contribution in [0.15, 0.2) is 11.2 Å². The van der Waals surface area contributed by atoms with E-state index in [4.69, 9.17) is 0 Å². The van der Waals surface area contributed by atoms with Crippen molar-refractivity contribution in [3.63, 3.8) is 0 Å². The quantitative estimate of drug-likeness (QED) is 0.634. The minimum Gasteiger partial charge on any atom is -0.337 e. The van der Waals surface area contributed by atoms with Gasteiger partial charge in [-0.2, -0.15) is 0 Å². The summed E-state index contributed by atoms with van der Waals surface area (Å²) in [7, 11) is -1.67. The lowest BCUT2D eigenvalue weighted by atomic mass is 10.3. The summed E-state index contributed by atoms with van der Waals surface area (Å²) in [4.78, 5) is 3.98. The lowest BCUT2D eigenvalue weighted by Gasteiger charge is -2.02. The van der Waals surface area contributed by atoms with Crippen LogP contribution in [0.3, 0.4) is 0 Å². The van der Waals surface area contributed by atoms with Crippen LogP contribution in [0.25, 0.3) is 0 Å². The van der Waals surface area contributed by atoms with Crippen LogP contribution in [0, 0.1) is 6.92 Å². The first-order valence-corrected chi connectivity index (χ1v) is 7.63. The van der Waals surface area contributed by atoms with Gasteiger partial charge in [-0.15, -0.1) is 0 Å². The second kappa shape index (κ2) is 5.79. The van der Waals surface area contributed by atoms with Gasteiger partial charge in [0.1, 0.15) is 5.82 Å². The average molecular weight is 310 g/mol. The summed E-state index contributed by atoms with van der Waals surface area (Å²) < 4.78 is 27.7. The van der Waals surface area contributed by atoms with Crippen molar-refractivity contribution in [2.75, 3.05) is 11.9 Å². The molecule has 1 N–H and O–H groups in total. The zero-order valence-electron chi connectivity index (χ0n) is 9.40. The monoisotopic (exact) mass is 309 g/mol. The third-order valence-electron chi connectivity index (χ3n) is 2.21. The van der Waals surface area contributed by atoms with Crippen molar-refractivity contribution in [3.8, 4) is 0 Å². The first-order valence-electron chi connectivity index (χ1n) is 5.03. The Morgan fingerprint density at radius 1 is 1.50 bits per heavy atom. The van der Waals surface area contributed by atoms with Crippen molar-refractivity contribution in [1.82, 2.24) is 14.3 Å². The molecule has 0 saturated carbocycles. The number of aromatic nitrogens is 2. The molecule has 0 bridgehead atoms. The molecule has 16 heavy (non-hydrogen) atoms. The Bertz CT molecular complexity index is 422. The standard InChI is InChI=1S/C9H16BrN3O2S/c1-8-12-9(7-13(8)2)16(14,15)11-6-4-3-5-10/h7,11H,3-6H2,1-2H3. The van der Waals surface area contributed by atoms with Gasteiger partial charge in [0, 0.05) is 25.1 Å². The van der Waals surface area contributed by atoms with E-state index in [0.717, 1.165) is 18.2 Å². The molecule has 0 spiro atoms. The number of alkyl halides is 1. The van der Waals surface area contributed by atoms with Crippen molar-refractivity contribution in [2.24, 2.45) is 7.05 Å². The van der Waals surface area contributed by atoms with Crippen LogP contribution in [0.5, 0.6) is 0 Å². The SMILES string of the molecule is Cc1nc(S(=O)(=O)NCCCCBr)cn1C. The van der Waals surface area contributed by atoms with E-state index in [0.29, 0.717) is 12.4 Å². The Morgan fingerprint density at radius 3 is 2.69 bits per heavy atom. The molecule has 1 heterocycles. The molecule has 92 valence electrons. The molecule has 0 aliphatic carbocycles. The van der Waals surface area contributed by atoms with E-state index in [1.165, 1.54) is 6.20 Å². The first kappa shape index (κ1) is 13.7. The van der Waals surface area contributed by atoms with Gasteiger partial charge in [-0.1, -0.05) is 15.9 Å². The van der Waals surface area contributed by atoms with Gasteiger partial charge >= 0.3 is 0 Å². The Kier molecular flexibility index (Phi) is 4.94. The number of hydrogen-bond donors (Lipinski definition) is 1. The minimum atomic E-state index is -3.44. The molecule has 1 rings (SSSR count). The number of halogens is 1. The minimum absolute atomic E-state index is 0.0892. The maximum absolute atomic E-state index is 11.8. The molecule has 0 amide bonds. The largest absolute Gasteiger partial charge is 0.337 e. The Labute approximate surface area is 104 Å². The van der Waals surface area contributed by atoms with Gasteiger partial charge in [-0.05, 0) is 19.8 Å². The molecule has 0 aliphatic heterocycles. The van der Waals surface area contributed by atoms with Crippen molar-refractivity contribution in [2.45, 2.75) is 24.8 Å². The fraction of sp³-hybridized carbons (Fsp3) is 0.667. The van der Waals surface area contributed by atoms with Gasteiger partial charge in [0.15, 0.2) is 5.03 Å². The van der Waals surface area contributed by atoms with Crippen molar-refractivity contribution < 1.29 is 8.42 Å². The second-order valence-electron chi connectivity index (χ2n) is 3.53. The number of sulfonamides is 1. The fourth-order valence-corrected chi connectivity index (χ4v) is 2.66. The number of unbranched alkanes of at least 4 members (excludes halogenated alkanes) is 1. The highest BCUT2D eigenvalue weighted by molar-refractivity contribution is 9.09. The van der Waals surface area contributed by atoms with Crippen LogP contribution in [0.1, 0.15) is 18.7 Å². The average Bonchev–Trinajstić information content (AvgIpc) is 2.55. The number of hydrogen-bond acceptors (Lipinski definition) is 3. The molecule has 7 heteroatoms. The smallest absolute Gasteiger partial charge is 0.259 e. The van der Waals surface area contributed by atoms with Gasteiger partial charge in [0.05, 0.1) is 0 Å². The van der Waals surface area contributed by atoms with E-state index in [1.54, 1.807) is 18.5 Å². The molecular formula is C9H16BrN3O2S. The lowest BCUT2D eigenvalue weighted by molar-refractivity contribution is 0.575. The van der Waals surface area contributed by atoms with Crippen LogP contribution in [0.4, 0.5) is 0 Å².